The summed E-state index contributed by atoms with van der Waals surface area (Å²) in [7, 11) is 0. The lowest BCUT2D eigenvalue weighted by Crippen LogP contribution is -2.21. The highest BCUT2D eigenvalue weighted by atomic mass is 35.5. The molecule has 1 N–H and O–H groups in total. The van der Waals surface area contributed by atoms with Crippen molar-refractivity contribution in [3.05, 3.63) is 57.4 Å². The van der Waals surface area contributed by atoms with Gasteiger partial charge in [0.25, 0.3) is 0 Å². The van der Waals surface area contributed by atoms with E-state index >= 15 is 0 Å². The van der Waals surface area contributed by atoms with E-state index < -0.39 is 17.7 Å². The Hall–Kier alpha value is -1.95. The first kappa shape index (κ1) is 21.3. The van der Waals surface area contributed by atoms with Gasteiger partial charge in [-0.15, -0.1) is 0 Å². The van der Waals surface area contributed by atoms with Crippen LogP contribution in [0.3, 0.4) is 0 Å². The second-order valence-electron chi connectivity index (χ2n) is 8.50. The van der Waals surface area contributed by atoms with Gasteiger partial charge in [0.05, 0.1) is 11.5 Å². The minimum Gasteiger partial charge on any atom is -0.481 e. The van der Waals surface area contributed by atoms with Crippen LogP contribution in [0.4, 0.5) is 13.2 Å². The maximum atomic E-state index is 13.6. The van der Waals surface area contributed by atoms with Gasteiger partial charge in [-0.3, -0.25) is 4.79 Å². The lowest BCUT2D eigenvalue weighted by atomic mass is 9.77. The van der Waals surface area contributed by atoms with Crippen LogP contribution in [0.1, 0.15) is 72.4 Å². The van der Waals surface area contributed by atoms with Gasteiger partial charge < -0.3 is 9.67 Å². The Morgan fingerprint density at radius 3 is 2.50 bits per heavy atom. The van der Waals surface area contributed by atoms with Crippen LogP contribution in [0.25, 0.3) is 0 Å². The van der Waals surface area contributed by atoms with Gasteiger partial charge in [0.2, 0.25) is 0 Å². The number of rotatable bonds is 4. The predicted molar refractivity (Wildman–Crippen MR) is 109 cm³/mol. The molecule has 162 valence electrons. The van der Waals surface area contributed by atoms with Crippen molar-refractivity contribution in [1.82, 2.24) is 4.57 Å². The quantitative estimate of drug-likeness (QED) is 0.595. The van der Waals surface area contributed by atoms with Crippen molar-refractivity contribution >= 4 is 17.6 Å². The highest BCUT2D eigenvalue weighted by molar-refractivity contribution is 6.31. The van der Waals surface area contributed by atoms with E-state index in [1.165, 1.54) is 23.3 Å². The number of alkyl halides is 3. The molecule has 7 heteroatoms. The fourth-order valence-electron chi connectivity index (χ4n) is 5.14. The van der Waals surface area contributed by atoms with Crippen LogP contribution < -0.4 is 0 Å². The van der Waals surface area contributed by atoms with E-state index in [0.29, 0.717) is 12.8 Å². The molecular weight excluding hydrogens is 415 g/mol. The third-order valence-electron chi connectivity index (χ3n) is 6.70. The summed E-state index contributed by atoms with van der Waals surface area (Å²) in [5.74, 6) is -0.731. The van der Waals surface area contributed by atoms with Gasteiger partial charge in [-0.05, 0) is 80.5 Å². The molecule has 3 nitrogen and oxygen atoms in total. The highest BCUT2D eigenvalue weighted by Gasteiger charge is 2.35. The number of halogens is 4. The number of nitrogens with zero attached hydrogens (tertiary/aromatic N) is 1. The van der Waals surface area contributed by atoms with E-state index in [2.05, 4.69) is 0 Å². The summed E-state index contributed by atoms with van der Waals surface area (Å²) in [6.07, 6.45) is 4.39. The highest BCUT2D eigenvalue weighted by Crippen LogP contribution is 2.42. The number of carboxylic acid groups (broad SMARTS) is 1. The van der Waals surface area contributed by atoms with Crippen LogP contribution in [0.15, 0.2) is 24.4 Å². The smallest absolute Gasteiger partial charge is 0.416 e. The largest absolute Gasteiger partial charge is 0.481 e. The molecule has 2 aromatic rings. The summed E-state index contributed by atoms with van der Waals surface area (Å²) in [5.41, 5.74) is 3.01. The Morgan fingerprint density at radius 1 is 1.13 bits per heavy atom. The number of fused-ring (bicyclic) bond motifs is 1. The predicted octanol–water partition coefficient (Wildman–Crippen LogP) is 6.45. The summed E-state index contributed by atoms with van der Waals surface area (Å²) in [6, 6.07) is 3.94. The molecule has 1 fully saturated rings. The zero-order chi connectivity index (χ0) is 21.5. The van der Waals surface area contributed by atoms with Crippen molar-refractivity contribution in [2.75, 3.05) is 0 Å². The van der Waals surface area contributed by atoms with Crippen LogP contribution in [-0.4, -0.2) is 15.6 Å². The minimum atomic E-state index is -4.45. The normalized spacial score (nSPS) is 22.0. The molecule has 30 heavy (non-hydrogen) atoms. The lowest BCUT2D eigenvalue weighted by molar-refractivity contribution is -0.143. The summed E-state index contributed by atoms with van der Waals surface area (Å²) >= 11 is 6.20. The standard InChI is InChI=1S/C23H25ClF3NO2/c24-20-6-3-5-19(23(25,26)27)18(20)13-28-12-17(16-4-1-2-7-21(16)28)14-8-10-15(11-9-14)22(29)30/h3,5-6,12,14-15H,1-2,4,7-11,13H2,(H,29,30). The number of carbonyl (C=O) groups is 1. The molecule has 0 unspecified atom stereocenters. The fourth-order valence-corrected chi connectivity index (χ4v) is 5.37. The molecule has 0 radical (unpaired) electrons. The Morgan fingerprint density at radius 2 is 1.83 bits per heavy atom. The number of aromatic nitrogens is 1. The molecule has 0 saturated heterocycles. The van der Waals surface area contributed by atoms with Crippen LogP contribution in [0.2, 0.25) is 5.02 Å². The third-order valence-corrected chi connectivity index (χ3v) is 7.05. The summed E-state index contributed by atoms with van der Waals surface area (Å²) < 4.78 is 42.6. The number of carboxylic acids is 1. The zero-order valence-corrected chi connectivity index (χ0v) is 17.4. The number of benzene rings is 1. The second kappa shape index (κ2) is 8.29. The van der Waals surface area contributed by atoms with Crippen molar-refractivity contribution in [2.24, 2.45) is 5.92 Å². The summed E-state index contributed by atoms with van der Waals surface area (Å²) in [5, 5.41) is 9.40. The Balaban J connectivity index is 1.67. The first-order valence-corrected chi connectivity index (χ1v) is 10.9. The van der Waals surface area contributed by atoms with E-state index in [9.17, 15) is 23.1 Å². The van der Waals surface area contributed by atoms with Gasteiger partial charge >= 0.3 is 12.1 Å². The summed E-state index contributed by atoms with van der Waals surface area (Å²) in [6.45, 7) is 0.0985. The molecular formula is C23H25ClF3NO2. The number of hydrogen-bond acceptors (Lipinski definition) is 1. The first-order chi connectivity index (χ1) is 14.3. The molecule has 1 aromatic heterocycles. The van der Waals surface area contributed by atoms with Gasteiger partial charge in [0.15, 0.2) is 0 Å². The average molecular weight is 440 g/mol. The van der Waals surface area contributed by atoms with E-state index in [0.717, 1.165) is 50.3 Å². The van der Waals surface area contributed by atoms with Gasteiger partial charge in [-0.2, -0.15) is 13.2 Å². The fraction of sp³-hybridized carbons (Fsp3) is 0.522. The van der Waals surface area contributed by atoms with E-state index in [-0.39, 0.29) is 29.0 Å². The monoisotopic (exact) mass is 439 g/mol. The Kier molecular flexibility index (Phi) is 5.88. The lowest BCUT2D eigenvalue weighted by Gasteiger charge is -2.27. The van der Waals surface area contributed by atoms with E-state index in [1.54, 1.807) is 0 Å². The second-order valence-corrected chi connectivity index (χ2v) is 8.90. The van der Waals surface area contributed by atoms with Crippen molar-refractivity contribution in [3.63, 3.8) is 0 Å². The maximum Gasteiger partial charge on any atom is 0.416 e. The SMILES string of the molecule is O=C(O)C1CCC(c2cn(Cc3c(Cl)cccc3C(F)(F)F)c3c2CCCC3)CC1. The molecule has 1 saturated carbocycles. The molecule has 0 bridgehead atoms. The van der Waals surface area contributed by atoms with Crippen LogP contribution in [0, 0.1) is 5.92 Å². The molecule has 2 aliphatic rings. The topological polar surface area (TPSA) is 42.2 Å². The first-order valence-electron chi connectivity index (χ1n) is 10.5. The van der Waals surface area contributed by atoms with Gasteiger partial charge in [0, 0.05) is 29.0 Å². The van der Waals surface area contributed by atoms with Gasteiger partial charge in [-0.25, -0.2) is 0 Å². The van der Waals surface area contributed by atoms with Crippen molar-refractivity contribution < 1.29 is 23.1 Å². The maximum absolute atomic E-state index is 13.6. The van der Waals surface area contributed by atoms with E-state index in [1.807, 2.05) is 10.8 Å². The number of aliphatic carboxylic acids is 1. The Labute approximate surface area is 178 Å². The molecule has 0 spiro atoms. The van der Waals surface area contributed by atoms with Crippen LogP contribution in [0.5, 0.6) is 0 Å². The average Bonchev–Trinajstić information content (AvgIpc) is 3.07. The molecule has 2 aliphatic carbocycles. The molecule has 4 rings (SSSR count). The minimum absolute atomic E-state index is 0.0985. The molecule has 0 atom stereocenters. The van der Waals surface area contributed by atoms with Gasteiger partial charge in [0.1, 0.15) is 0 Å². The molecule has 0 amide bonds. The van der Waals surface area contributed by atoms with Crippen LogP contribution >= 0.6 is 11.6 Å². The Bertz CT molecular complexity index is 943. The van der Waals surface area contributed by atoms with Crippen LogP contribution in [-0.2, 0) is 30.4 Å². The van der Waals surface area contributed by atoms with Crippen molar-refractivity contribution in [2.45, 2.75) is 70.0 Å². The van der Waals surface area contributed by atoms with Crippen molar-refractivity contribution in [3.8, 4) is 0 Å². The number of hydrogen-bond donors (Lipinski definition) is 1. The molecule has 1 heterocycles. The molecule has 0 aliphatic heterocycles. The molecule has 1 aromatic carbocycles. The van der Waals surface area contributed by atoms with Gasteiger partial charge in [-0.1, -0.05) is 17.7 Å². The third kappa shape index (κ3) is 4.11. The van der Waals surface area contributed by atoms with Crippen molar-refractivity contribution in [1.29, 1.82) is 0 Å². The zero-order valence-electron chi connectivity index (χ0n) is 16.6. The van der Waals surface area contributed by atoms with E-state index in [4.69, 9.17) is 11.6 Å². The summed E-state index contributed by atoms with van der Waals surface area (Å²) in [4.78, 5) is 11.3.